The molecule has 0 amide bonds. The van der Waals surface area contributed by atoms with Crippen LogP contribution in [0.2, 0.25) is 0 Å². The summed E-state index contributed by atoms with van der Waals surface area (Å²) in [6.45, 7) is 5.12. The number of benzene rings is 1. The maximum atomic E-state index is 11.7. The predicted molar refractivity (Wildman–Crippen MR) is 64.5 cm³/mol. The summed E-state index contributed by atoms with van der Waals surface area (Å²) in [7, 11) is 0. The van der Waals surface area contributed by atoms with Crippen LogP contribution >= 0.6 is 0 Å². The molecule has 0 fully saturated rings. The van der Waals surface area contributed by atoms with Crippen LogP contribution in [0.1, 0.15) is 26.3 Å². The summed E-state index contributed by atoms with van der Waals surface area (Å²) in [4.78, 5) is 11.7. The molecule has 0 aromatic heterocycles. The molecule has 1 aromatic carbocycles. The average Bonchev–Trinajstić information content (AvgIpc) is 2.27. The molecule has 3 N–H and O–H groups in total. The Hall–Kier alpha value is -1.69. The van der Waals surface area contributed by atoms with E-state index in [4.69, 9.17) is 20.1 Å². The molecule has 1 rings (SSSR count). The Bertz CT molecular complexity index is 478. The summed E-state index contributed by atoms with van der Waals surface area (Å²) in [5.74, 6) is -3.75. The highest BCUT2D eigenvalue weighted by molar-refractivity contribution is 5.90. The van der Waals surface area contributed by atoms with Crippen LogP contribution in [0.3, 0.4) is 0 Å². The van der Waals surface area contributed by atoms with Gasteiger partial charge in [0.2, 0.25) is 0 Å². The molecule has 0 aliphatic carbocycles. The average molecular weight is 252 g/mol. The first-order valence-electron chi connectivity index (χ1n) is 5.36. The van der Waals surface area contributed by atoms with Gasteiger partial charge in [0.05, 0.1) is 5.56 Å². The molecule has 0 heterocycles. The molecule has 0 aliphatic rings. The van der Waals surface area contributed by atoms with E-state index in [1.54, 1.807) is 26.8 Å². The molecule has 5 heteroatoms. The van der Waals surface area contributed by atoms with E-state index < -0.39 is 11.9 Å². The first-order chi connectivity index (χ1) is 8.23. The van der Waals surface area contributed by atoms with Gasteiger partial charge in [0.1, 0.15) is 5.75 Å². The predicted octanol–water partition coefficient (Wildman–Crippen LogP) is 1.04. The monoisotopic (exact) mass is 252 g/mol. The molecule has 0 aliphatic heterocycles. The van der Waals surface area contributed by atoms with Crippen molar-refractivity contribution in [3.8, 4) is 5.75 Å². The van der Waals surface area contributed by atoms with E-state index >= 15 is 0 Å². The SMILES string of the molecule is CC(C)=C(C)C(=O)Oc1ccccc1C(O)(O)O. The van der Waals surface area contributed by atoms with Crippen molar-refractivity contribution in [2.45, 2.75) is 26.7 Å². The van der Waals surface area contributed by atoms with E-state index in [0.717, 1.165) is 5.57 Å². The van der Waals surface area contributed by atoms with Gasteiger partial charge in [-0.15, -0.1) is 0 Å². The number of ether oxygens (including phenoxy) is 1. The topological polar surface area (TPSA) is 87.0 Å². The number of carbonyl (C=O) groups excluding carboxylic acids is 1. The van der Waals surface area contributed by atoms with E-state index in [2.05, 4.69) is 0 Å². The minimum atomic E-state index is -3.05. The van der Waals surface area contributed by atoms with Gasteiger partial charge in [-0.25, -0.2) is 4.79 Å². The Kier molecular flexibility index (Phi) is 4.24. The number of hydrogen-bond acceptors (Lipinski definition) is 5. The molecule has 98 valence electrons. The van der Waals surface area contributed by atoms with Crippen molar-refractivity contribution in [3.05, 3.63) is 41.0 Å². The number of allylic oxidation sites excluding steroid dienone is 1. The molecule has 0 atom stereocenters. The maximum absolute atomic E-state index is 11.7. The first kappa shape index (κ1) is 14.4. The molecular formula is C13H16O5. The number of hydrogen-bond donors (Lipinski definition) is 3. The van der Waals surface area contributed by atoms with Crippen molar-refractivity contribution in [1.29, 1.82) is 0 Å². The molecule has 0 saturated heterocycles. The minimum absolute atomic E-state index is 0.101. The lowest BCUT2D eigenvalue weighted by molar-refractivity contribution is -0.324. The van der Waals surface area contributed by atoms with E-state index in [1.807, 2.05) is 0 Å². The molecule has 1 aromatic rings. The van der Waals surface area contributed by atoms with Crippen molar-refractivity contribution < 1.29 is 24.9 Å². The molecule has 18 heavy (non-hydrogen) atoms. The molecule has 0 bridgehead atoms. The second-order valence-corrected chi connectivity index (χ2v) is 4.15. The van der Waals surface area contributed by atoms with Crippen LogP contribution in [-0.4, -0.2) is 21.3 Å². The van der Waals surface area contributed by atoms with Gasteiger partial charge in [-0.05, 0) is 32.9 Å². The highest BCUT2D eigenvalue weighted by Crippen LogP contribution is 2.26. The van der Waals surface area contributed by atoms with Gasteiger partial charge in [0, 0.05) is 5.57 Å². The van der Waals surface area contributed by atoms with E-state index in [1.165, 1.54) is 18.2 Å². The standard InChI is InChI=1S/C13H16O5/c1-8(2)9(3)12(14)18-11-7-5-4-6-10(11)13(15,16)17/h4-7,15-17H,1-3H3. The van der Waals surface area contributed by atoms with Crippen LogP contribution in [0.15, 0.2) is 35.4 Å². The highest BCUT2D eigenvalue weighted by Gasteiger charge is 2.27. The number of esters is 1. The Morgan fingerprint density at radius 1 is 1.11 bits per heavy atom. The highest BCUT2D eigenvalue weighted by atomic mass is 16.7. The summed E-state index contributed by atoms with van der Waals surface area (Å²) >= 11 is 0. The fourth-order valence-corrected chi connectivity index (χ4v) is 1.21. The quantitative estimate of drug-likeness (QED) is 0.324. The van der Waals surface area contributed by atoms with Gasteiger partial charge in [-0.1, -0.05) is 17.7 Å². The van der Waals surface area contributed by atoms with Crippen molar-refractivity contribution in [1.82, 2.24) is 0 Å². The minimum Gasteiger partial charge on any atom is -0.423 e. The van der Waals surface area contributed by atoms with Crippen molar-refractivity contribution in [2.75, 3.05) is 0 Å². The van der Waals surface area contributed by atoms with E-state index in [9.17, 15) is 4.79 Å². The van der Waals surface area contributed by atoms with Crippen molar-refractivity contribution in [2.24, 2.45) is 0 Å². The lowest BCUT2D eigenvalue weighted by Gasteiger charge is -2.17. The zero-order chi connectivity index (χ0) is 13.9. The van der Waals surface area contributed by atoms with Crippen LogP contribution in [0.4, 0.5) is 0 Å². The number of aliphatic hydroxyl groups is 3. The van der Waals surface area contributed by atoms with Crippen LogP contribution in [-0.2, 0) is 10.8 Å². The first-order valence-corrected chi connectivity index (χ1v) is 5.36. The maximum Gasteiger partial charge on any atom is 0.339 e. The van der Waals surface area contributed by atoms with Gasteiger partial charge >= 0.3 is 11.9 Å². The van der Waals surface area contributed by atoms with Crippen LogP contribution in [0.25, 0.3) is 0 Å². The van der Waals surface area contributed by atoms with Gasteiger partial charge in [0.25, 0.3) is 0 Å². The molecule has 0 unspecified atom stereocenters. The number of para-hydroxylation sites is 1. The zero-order valence-electron chi connectivity index (χ0n) is 10.5. The Balaban J connectivity index is 3.07. The number of rotatable bonds is 3. The van der Waals surface area contributed by atoms with Crippen LogP contribution < -0.4 is 4.74 Å². The fraction of sp³-hybridized carbons (Fsp3) is 0.308. The van der Waals surface area contributed by atoms with Gasteiger partial charge in [-0.3, -0.25) is 0 Å². The zero-order valence-corrected chi connectivity index (χ0v) is 10.5. The Morgan fingerprint density at radius 2 is 1.67 bits per heavy atom. The summed E-state index contributed by atoms with van der Waals surface area (Å²) in [6.07, 6.45) is 0. The van der Waals surface area contributed by atoms with Crippen LogP contribution in [0.5, 0.6) is 5.75 Å². The molecular weight excluding hydrogens is 236 g/mol. The van der Waals surface area contributed by atoms with Crippen molar-refractivity contribution in [3.63, 3.8) is 0 Å². The lowest BCUT2D eigenvalue weighted by Crippen LogP contribution is -2.25. The largest absolute Gasteiger partial charge is 0.423 e. The van der Waals surface area contributed by atoms with E-state index in [0.29, 0.717) is 5.57 Å². The van der Waals surface area contributed by atoms with Crippen LogP contribution in [0, 0.1) is 0 Å². The molecule has 0 saturated carbocycles. The summed E-state index contributed by atoms with van der Waals surface area (Å²) in [6, 6.07) is 5.65. The normalized spacial score (nSPS) is 11.0. The van der Waals surface area contributed by atoms with Gasteiger partial charge in [0.15, 0.2) is 0 Å². The second kappa shape index (κ2) is 5.30. The fourth-order valence-electron chi connectivity index (χ4n) is 1.21. The molecule has 5 nitrogen and oxygen atoms in total. The smallest absolute Gasteiger partial charge is 0.339 e. The third-order valence-electron chi connectivity index (χ3n) is 2.51. The summed E-state index contributed by atoms with van der Waals surface area (Å²) < 4.78 is 5.02. The Labute approximate surface area is 105 Å². The second-order valence-electron chi connectivity index (χ2n) is 4.15. The molecule has 0 spiro atoms. The van der Waals surface area contributed by atoms with Crippen molar-refractivity contribution >= 4 is 5.97 Å². The molecule has 0 radical (unpaired) electrons. The van der Waals surface area contributed by atoms with E-state index in [-0.39, 0.29) is 11.3 Å². The Morgan fingerprint density at radius 3 is 2.17 bits per heavy atom. The number of carbonyl (C=O) groups is 1. The van der Waals surface area contributed by atoms with Gasteiger partial charge in [-0.2, -0.15) is 0 Å². The summed E-state index contributed by atoms with van der Waals surface area (Å²) in [5.41, 5.74) is 0.921. The van der Waals surface area contributed by atoms with Gasteiger partial charge < -0.3 is 20.1 Å². The lowest BCUT2D eigenvalue weighted by atomic mass is 10.1. The summed E-state index contributed by atoms with van der Waals surface area (Å²) in [5, 5.41) is 27.4. The third kappa shape index (κ3) is 3.40. The third-order valence-corrected chi connectivity index (χ3v) is 2.51.